The summed E-state index contributed by atoms with van der Waals surface area (Å²) < 4.78 is 10.9. The number of benzene rings is 1. The lowest BCUT2D eigenvalue weighted by molar-refractivity contribution is 0.113. The van der Waals surface area contributed by atoms with E-state index in [1.807, 2.05) is 30.3 Å². The molecular formula is C17H16N4O3S. The summed E-state index contributed by atoms with van der Waals surface area (Å²) in [6, 6.07) is 8.96. The Balaban J connectivity index is 1.64. The molecule has 0 atom stereocenters. The number of nitrogens with zero attached hydrogens (tertiary/aromatic N) is 2. The zero-order valence-corrected chi connectivity index (χ0v) is 14.4. The zero-order chi connectivity index (χ0) is 17.2. The first kappa shape index (κ1) is 15.8. The number of urea groups is 1. The molecule has 0 radical (unpaired) electrons. The summed E-state index contributed by atoms with van der Waals surface area (Å²) in [6.07, 6.45) is 0.755. The first-order valence-electron chi connectivity index (χ1n) is 7.87. The first-order chi connectivity index (χ1) is 12.2. The van der Waals surface area contributed by atoms with Crippen molar-refractivity contribution in [2.75, 3.05) is 17.2 Å². The van der Waals surface area contributed by atoms with Crippen LogP contribution in [0.15, 0.2) is 34.9 Å². The van der Waals surface area contributed by atoms with Gasteiger partial charge in [0.2, 0.25) is 0 Å². The molecule has 25 heavy (non-hydrogen) atoms. The van der Waals surface area contributed by atoms with E-state index in [1.165, 1.54) is 11.3 Å². The molecule has 1 aliphatic heterocycles. The molecule has 128 valence electrons. The molecule has 7 nitrogen and oxygen atoms in total. The van der Waals surface area contributed by atoms with Crippen LogP contribution in [0.1, 0.15) is 16.3 Å². The SMILES string of the molecule is Cc1noc(-c2c(NC(=O)Nc3ccccc3)sc3c2CCOC3)n1. The Morgan fingerprint density at radius 3 is 2.84 bits per heavy atom. The van der Waals surface area contributed by atoms with Gasteiger partial charge in [0.25, 0.3) is 5.89 Å². The summed E-state index contributed by atoms with van der Waals surface area (Å²) in [6.45, 7) is 2.94. The maximum Gasteiger partial charge on any atom is 0.324 e. The van der Waals surface area contributed by atoms with E-state index in [1.54, 1.807) is 6.92 Å². The topological polar surface area (TPSA) is 89.3 Å². The molecule has 1 aromatic carbocycles. The third-order valence-corrected chi connectivity index (χ3v) is 4.94. The Labute approximate surface area is 148 Å². The highest BCUT2D eigenvalue weighted by Crippen LogP contribution is 2.42. The maximum absolute atomic E-state index is 12.4. The van der Waals surface area contributed by atoms with E-state index in [2.05, 4.69) is 20.8 Å². The highest BCUT2D eigenvalue weighted by atomic mass is 32.1. The molecule has 0 fully saturated rings. The number of para-hydroxylation sites is 1. The molecule has 0 aliphatic carbocycles. The lowest BCUT2D eigenvalue weighted by atomic mass is 10.1. The number of aryl methyl sites for hydroxylation is 1. The number of thiophene rings is 1. The second-order valence-corrected chi connectivity index (χ2v) is 6.71. The van der Waals surface area contributed by atoms with Gasteiger partial charge in [-0.2, -0.15) is 4.98 Å². The number of nitrogens with one attached hydrogen (secondary N) is 2. The third kappa shape index (κ3) is 3.26. The summed E-state index contributed by atoms with van der Waals surface area (Å²) in [4.78, 5) is 17.8. The number of aromatic nitrogens is 2. The van der Waals surface area contributed by atoms with Gasteiger partial charge >= 0.3 is 6.03 Å². The summed E-state index contributed by atoms with van der Waals surface area (Å²) in [5.41, 5.74) is 2.63. The number of rotatable bonds is 3. The molecule has 0 bridgehead atoms. The van der Waals surface area contributed by atoms with Gasteiger partial charge in [0.05, 0.1) is 18.8 Å². The van der Waals surface area contributed by atoms with E-state index in [0.717, 1.165) is 28.1 Å². The fourth-order valence-electron chi connectivity index (χ4n) is 2.73. The minimum Gasteiger partial charge on any atom is -0.376 e. The van der Waals surface area contributed by atoms with Crippen molar-refractivity contribution in [3.05, 3.63) is 46.6 Å². The maximum atomic E-state index is 12.4. The van der Waals surface area contributed by atoms with Crippen LogP contribution in [0.5, 0.6) is 0 Å². The van der Waals surface area contributed by atoms with Gasteiger partial charge in [-0.3, -0.25) is 5.32 Å². The largest absolute Gasteiger partial charge is 0.376 e. The number of carbonyl (C=O) groups excluding carboxylic acids is 1. The third-order valence-electron chi connectivity index (χ3n) is 3.82. The van der Waals surface area contributed by atoms with Crippen molar-refractivity contribution in [2.45, 2.75) is 20.0 Å². The lowest BCUT2D eigenvalue weighted by Crippen LogP contribution is -2.19. The van der Waals surface area contributed by atoms with Gasteiger partial charge in [0, 0.05) is 10.6 Å². The van der Waals surface area contributed by atoms with Crippen LogP contribution < -0.4 is 10.6 Å². The summed E-state index contributed by atoms with van der Waals surface area (Å²) in [5, 5.41) is 10.3. The number of anilines is 2. The fraction of sp³-hybridized carbons (Fsp3) is 0.235. The van der Waals surface area contributed by atoms with E-state index in [-0.39, 0.29) is 6.03 Å². The minimum atomic E-state index is -0.316. The summed E-state index contributed by atoms with van der Waals surface area (Å²) >= 11 is 1.48. The molecule has 0 spiro atoms. The van der Waals surface area contributed by atoms with E-state index in [9.17, 15) is 4.79 Å². The second kappa shape index (κ2) is 6.66. The van der Waals surface area contributed by atoms with Crippen LogP contribution in [0.4, 0.5) is 15.5 Å². The number of hydrogen-bond acceptors (Lipinski definition) is 6. The van der Waals surface area contributed by atoms with Crippen LogP contribution in [0, 0.1) is 6.92 Å². The lowest BCUT2D eigenvalue weighted by Gasteiger charge is -2.12. The average molecular weight is 356 g/mol. The van der Waals surface area contributed by atoms with Crippen LogP contribution in [-0.4, -0.2) is 22.8 Å². The number of hydrogen-bond donors (Lipinski definition) is 2. The first-order valence-corrected chi connectivity index (χ1v) is 8.68. The number of fused-ring (bicyclic) bond motifs is 1. The highest BCUT2D eigenvalue weighted by molar-refractivity contribution is 7.17. The Morgan fingerprint density at radius 1 is 1.24 bits per heavy atom. The van der Waals surface area contributed by atoms with Crippen LogP contribution in [-0.2, 0) is 17.8 Å². The normalized spacial score (nSPS) is 13.3. The Hall–Kier alpha value is -2.71. The predicted molar refractivity (Wildman–Crippen MR) is 94.8 cm³/mol. The molecule has 8 heteroatoms. The molecule has 2 amide bonds. The van der Waals surface area contributed by atoms with Crippen molar-refractivity contribution in [3.8, 4) is 11.5 Å². The molecule has 0 saturated heterocycles. The zero-order valence-electron chi connectivity index (χ0n) is 13.5. The van der Waals surface area contributed by atoms with Crippen LogP contribution in [0.25, 0.3) is 11.5 Å². The van der Waals surface area contributed by atoms with Crippen molar-refractivity contribution >= 4 is 28.1 Å². The molecule has 4 rings (SSSR count). The summed E-state index contributed by atoms with van der Waals surface area (Å²) in [7, 11) is 0. The Bertz CT molecular complexity index is 904. The molecule has 0 unspecified atom stereocenters. The quantitative estimate of drug-likeness (QED) is 0.744. The minimum absolute atomic E-state index is 0.316. The average Bonchev–Trinajstić information content (AvgIpc) is 3.18. The molecule has 3 aromatic rings. The number of carbonyl (C=O) groups is 1. The Kier molecular flexibility index (Phi) is 4.21. The highest BCUT2D eigenvalue weighted by Gasteiger charge is 2.26. The van der Waals surface area contributed by atoms with Gasteiger partial charge in [-0.1, -0.05) is 23.4 Å². The molecule has 0 saturated carbocycles. The molecule has 2 N–H and O–H groups in total. The van der Waals surface area contributed by atoms with E-state index in [0.29, 0.717) is 29.9 Å². The van der Waals surface area contributed by atoms with Gasteiger partial charge in [0.15, 0.2) is 5.82 Å². The molecule has 3 heterocycles. The molecule has 2 aromatic heterocycles. The van der Waals surface area contributed by atoms with Gasteiger partial charge in [-0.15, -0.1) is 11.3 Å². The van der Waals surface area contributed by atoms with E-state index in [4.69, 9.17) is 9.26 Å². The van der Waals surface area contributed by atoms with Crippen LogP contribution >= 0.6 is 11.3 Å². The van der Waals surface area contributed by atoms with E-state index >= 15 is 0 Å². The van der Waals surface area contributed by atoms with Crippen LogP contribution in [0.2, 0.25) is 0 Å². The van der Waals surface area contributed by atoms with Crippen molar-refractivity contribution in [1.82, 2.24) is 10.1 Å². The number of amides is 2. The van der Waals surface area contributed by atoms with Crippen molar-refractivity contribution in [1.29, 1.82) is 0 Å². The van der Waals surface area contributed by atoms with Gasteiger partial charge in [0.1, 0.15) is 5.00 Å². The van der Waals surface area contributed by atoms with Gasteiger partial charge in [-0.25, -0.2) is 4.79 Å². The Morgan fingerprint density at radius 2 is 2.08 bits per heavy atom. The predicted octanol–water partition coefficient (Wildman–Crippen LogP) is 3.82. The van der Waals surface area contributed by atoms with E-state index < -0.39 is 0 Å². The molecule has 1 aliphatic rings. The van der Waals surface area contributed by atoms with Crippen molar-refractivity contribution in [3.63, 3.8) is 0 Å². The van der Waals surface area contributed by atoms with Gasteiger partial charge in [-0.05, 0) is 31.0 Å². The van der Waals surface area contributed by atoms with Crippen LogP contribution in [0.3, 0.4) is 0 Å². The smallest absolute Gasteiger partial charge is 0.324 e. The second-order valence-electron chi connectivity index (χ2n) is 5.60. The number of ether oxygens (including phenoxy) is 1. The van der Waals surface area contributed by atoms with Crippen molar-refractivity contribution in [2.24, 2.45) is 0 Å². The summed E-state index contributed by atoms with van der Waals surface area (Å²) in [5.74, 6) is 0.980. The molecular weight excluding hydrogens is 340 g/mol. The monoisotopic (exact) mass is 356 g/mol. The standard InChI is InChI=1S/C17H16N4O3S/c1-10-18-15(24-21-10)14-12-7-8-23-9-13(12)25-16(14)20-17(22)19-11-5-3-2-4-6-11/h2-6H,7-9H2,1H3,(H2,19,20,22). The van der Waals surface area contributed by atoms with Crippen molar-refractivity contribution < 1.29 is 14.1 Å². The fourth-order valence-corrected chi connectivity index (χ4v) is 3.90. The van der Waals surface area contributed by atoms with Gasteiger partial charge < -0.3 is 14.6 Å².